The fraction of sp³-hybridized carbons (Fsp3) is 0.857. The van der Waals surface area contributed by atoms with Crippen molar-refractivity contribution in [2.24, 2.45) is 5.73 Å². The molecule has 0 bridgehead atoms. The Morgan fingerprint density at radius 1 is 1.52 bits per heavy atom. The maximum atomic E-state index is 6.06. The zero-order chi connectivity index (χ0) is 14.7. The molecule has 3 atom stereocenters. The third-order valence-electron chi connectivity index (χ3n) is 4.32. The van der Waals surface area contributed by atoms with Crippen molar-refractivity contribution < 1.29 is 14.0 Å². The number of aromatic nitrogens is 2. The van der Waals surface area contributed by atoms with E-state index >= 15 is 0 Å². The van der Waals surface area contributed by atoms with Crippen LogP contribution in [0.15, 0.2) is 4.52 Å². The molecule has 21 heavy (non-hydrogen) atoms. The van der Waals surface area contributed by atoms with Crippen LogP contribution in [0.1, 0.15) is 49.5 Å². The molecule has 0 aliphatic carbocycles. The van der Waals surface area contributed by atoms with Crippen LogP contribution in [-0.4, -0.2) is 54.5 Å². The molecule has 2 N–H and O–H groups in total. The molecule has 3 unspecified atom stereocenters. The van der Waals surface area contributed by atoms with Gasteiger partial charge in [-0.1, -0.05) is 5.16 Å². The highest BCUT2D eigenvalue weighted by atomic mass is 16.5. The van der Waals surface area contributed by atoms with Gasteiger partial charge in [0.05, 0.1) is 12.6 Å². The van der Waals surface area contributed by atoms with Crippen LogP contribution >= 0.6 is 0 Å². The maximum absolute atomic E-state index is 6.06. The SMILES string of the molecule is COCCCC(N)c1nc(C2CN3CCCC3CO2)no1. The zero-order valence-electron chi connectivity index (χ0n) is 12.5. The van der Waals surface area contributed by atoms with Gasteiger partial charge in [-0.25, -0.2) is 0 Å². The second-order valence-corrected chi connectivity index (χ2v) is 5.85. The quantitative estimate of drug-likeness (QED) is 0.784. The number of methoxy groups -OCH3 is 1. The van der Waals surface area contributed by atoms with Gasteiger partial charge in [0.2, 0.25) is 11.7 Å². The van der Waals surface area contributed by atoms with Crippen molar-refractivity contribution in [3.63, 3.8) is 0 Å². The smallest absolute Gasteiger partial charge is 0.243 e. The summed E-state index contributed by atoms with van der Waals surface area (Å²) in [6.07, 6.45) is 4.04. The first-order valence-corrected chi connectivity index (χ1v) is 7.71. The molecule has 0 radical (unpaired) electrons. The van der Waals surface area contributed by atoms with Crippen molar-refractivity contribution in [3.8, 4) is 0 Å². The standard InChI is InChI=1S/C14H24N4O3/c1-19-7-3-5-11(15)14-16-13(17-21-14)12-8-18-6-2-4-10(18)9-20-12/h10-12H,2-9,15H2,1H3. The predicted molar refractivity (Wildman–Crippen MR) is 75.6 cm³/mol. The molecule has 2 aliphatic heterocycles. The van der Waals surface area contributed by atoms with Gasteiger partial charge in [-0.2, -0.15) is 4.98 Å². The number of fused-ring (bicyclic) bond motifs is 1. The lowest BCUT2D eigenvalue weighted by Gasteiger charge is -2.33. The lowest BCUT2D eigenvalue weighted by Crippen LogP contribution is -2.42. The van der Waals surface area contributed by atoms with Crippen molar-refractivity contribution in [1.82, 2.24) is 15.0 Å². The van der Waals surface area contributed by atoms with Crippen LogP contribution in [0, 0.1) is 0 Å². The number of hydrogen-bond donors (Lipinski definition) is 1. The van der Waals surface area contributed by atoms with Gasteiger partial charge in [0.25, 0.3) is 0 Å². The fourth-order valence-corrected chi connectivity index (χ4v) is 3.07. The lowest BCUT2D eigenvalue weighted by molar-refractivity contribution is -0.0548. The number of hydrogen-bond acceptors (Lipinski definition) is 7. The molecule has 1 aromatic heterocycles. The number of nitrogens with two attached hydrogens (primary N) is 1. The average molecular weight is 296 g/mol. The van der Waals surface area contributed by atoms with Crippen LogP contribution in [0.2, 0.25) is 0 Å². The highest BCUT2D eigenvalue weighted by molar-refractivity contribution is 4.99. The molecule has 2 fully saturated rings. The lowest BCUT2D eigenvalue weighted by atomic mass is 10.1. The highest BCUT2D eigenvalue weighted by Gasteiger charge is 2.35. The van der Waals surface area contributed by atoms with Crippen molar-refractivity contribution in [2.75, 3.05) is 33.4 Å². The number of ether oxygens (including phenoxy) is 2. The molecule has 0 aromatic carbocycles. The van der Waals surface area contributed by atoms with E-state index in [0.29, 0.717) is 24.4 Å². The molecular formula is C14H24N4O3. The van der Waals surface area contributed by atoms with E-state index in [2.05, 4.69) is 15.0 Å². The Hall–Kier alpha value is -1.02. The second kappa shape index (κ2) is 6.83. The summed E-state index contributed by atoms with van der Waals surface area (Å²) in [6.45, 7) is 3.44. The summed E-state index contributed by atoms with van der Waals surface area (Å²) in [5.41, 5.74) is 6.06. The number of rotatable bonds is 6. The number of morpholine rings is 1. The van der Waals surface area contributed by atoms with Gasteiger partial charge in [-0.3, -0.25) is 4.90 Å². The van der Waals surface area contributed by atoms with Crippen molar-refractivity contribution in [2.45, 2.75) is 43.9 Å². The van der Waals surface area contributed by atoms with Crippen LogP contribution in [0.4, 0.5) is 0 Å². The molecule has 0 amide bonds. The van der Waals surface area contributed by atoms with Crippen LogP contribution in [0.3, 0.4) is 0 Å². The molecule has 3 rings (SSSR count). The molecule has 118 valence electrons. The van der Waals surface area contributed by atoms with E-state index in [1.807, 2.05) is 0 Å². The van der Waals surface area contributed by atoms with Gasteiger partial charge >= 0.3 is 0 Å². The van der Waals surface area contributed by atoms with Gasteiger partial charge in [0, 0.05) is 26.3 Å². The Balaban J connectivity index is 1.57. The summed E-state index contributed by atoms with van der Waals surface area (Å²) in [7, 11) is 1.68. The van der Waals surface area contributed by atoms with Gasteiger partial charge in [-0.15, -0.1) is 0 Å². The van der Waals surface area contributed by atoms with E-state index < -0.39 is 0 Å². The van der Waals surface area contributed by atoms with Crippen LogP contribution < -0.4 is 5.73 Å². The van der Waals surface area contributed by atoms with E-state index in [9.17, 15) is 0 Å². The molecular weight excluding hydrogens is 272 g/mol. The van der Waals surface area contributed by atoms with E-state index in [0.717, 1.165) is 32.5 Å². The monoisotopic (exact) mass is 296 g/mol. The molecule has 2 saturated heterocycles. The van der Waals surface area contributed by atoms with E-state index in [-0.39, 0.29) is 12.1 Å². The first kappa shape index (κ1) is 14.9. The Kier molecular flexibility index (Phi) is 4.84. The third kappa shape index (κ3) is 3.42. The predicted octanol–water partition coefficient (Wildman–Crippen LogP) is 1.03. The Labute approximate surface area is 124 Å². The van der Waals surface area contributed by atoms with Gasteiger partial charge in [0.15, 0.2) is 0 Å². The molecule has 0 spiro atoms. The molecule has 2 aliphatic rings. The largest absolute Gasteiger partial charge is 0.385 e. The molecule has 0 saturated carbocycles. The van der Waals surface area contributed by atoms with Crippen molar-refractivity contribution in [3.05, 3.63) is 11.7 Å². The van der Waals surface area contributed by atoms with Gasteiger partial charge in [-0.05, 0) is 32.2 Å². The minimum Gasteiger partial charge on any atom is -0.385 e. The highest BCUT2D eigenvalue weighted by Crippen LogP contribution is 2.29. The maximum Gasteiger partial charge on any atom is 0.243 e. The Morgan fingerprint density at radius 3 is 3.29 bits per heavy atom. The third-order valence-corrected chi connectivity index (χ3v) is 4.32. The summed E-state index contributed by atoms with van der Waals surface area (Å²) >= 11 is 0. The zero-order valence-corrected chi connectivity index (χ0v) is 12.5. The minimum absolute atomic E-state index is 0.0944. The Morgan fingerprint density at radius 2 is 2.43 bits per heavy atom. The van der Waals surface area contributed by atoms with Crippen LogP contribution in [0.5, 0.6) is 0 Å². The summed E-state index contributed by atoms with van der Waals surface area (Å²) in [4.78, 5) is 6.89. The van der Waals surface area contributed by atoms with E-state index in [1.165, 1.54) is 12.8 Å². The topological polar surface area (TPSA) is 86.6 Å². The van der Waals surface area contributed by atoms with Gasteiger partial charge < -0.3 is 19.7 Å². The molecule has 7 nitrogen and oxygen atoms in total. The second-order valence-electron chi connectivity index (χ2n) is 5.85. The van der Waals surface area contributed by atoms with Crippen LogP contribution in [0.25, 0.3) is 0 Å². The average Bonchev–Trinajstić information content (AvgIpc) is 3.15. The van der Waals surface area contributed by atoms with Crippen molar-refractivity contribution >= 4 is 0 Å². The molecule has 1 aromatic rings. The summed E-state index contributed by atoms with van der Waals surface area (Å²) in [5.74, 6) is 1.12. The van der Waals surface area contributed by atoms with Crippen molar-refractivity contribution in [1.29, 1.82) is 0 Å². The van der Waals surface area contributed by atoms with Gasteiger partial charge in [0.1, 0.15) is 6.10 Å². The first-order chi connectivity index (χ1) is 10.3. The minimum atomic E-state index is -0.232. The fourth-order valence-electron chi connectivity index (χ4n) is 3.07. The summed E-state index contributed by atoms with van der Waals surface area (Å²) < 4.78 is 16.2. The van der Waals surface area contributed by atoms with Crippen LogP contribution in [-0.2, 0) is 9.47 Å². The first-order valence-electron chi connectivity index (χ1n) is 7.71. The normalized spacial score (nSPS) is 27.7. The molecule has 7 heteroatoms. The summed E-state index contributed by atoms with van der Waals surface area (Å²) in [6, 6.07) is 0.341. The number of nitrogens with zero attached hydrogens (tertiary/aromatic N) is 3. The summed E-state index contributed by atoms with van der Waals surface area (Å²) in [5, 5.41) is 4.05. The molecule has 3 heterocycles. The van der Waals surface area contributed by atoms with E-state index in [1.54, 1.807) is 7.11 Å². The van der Waals surface area contributed by atoms with E-state index in [4.69, 9.17) is 19.7 Å². The Bertz CT molecular complexity index is 453.